The van der Waals surface area contributed by atoms with Gasteiger partial charge in [0.25, 0.3) is 0 Å². The lowest BCUT2D eigenvalue weighted by molar-refractivity contribution is -0.339. The van der Waals surface area contributed by atoms with E-state index in [0.717, 1.165) is 0 Å². The summed E-state index contributed by atoms with van der Waals surface area (Å²) in [7, 11) is 0.590. The first kappa shape index (κ1) is 13.8. The minimum Gasteiger partial charge on any atom is -0.269 e. The fraction of sp³-hybridized carbons (Fsp3) is 0.833. The van der Waals surface area contributed by atoms with E-state index in [1.165, 1.54) is 0 Å². The first-order valence-electron chi connectivity index (χ1n) is 3.95. The molecule has 3 nitrogen and oxygen atoms in total. The maximum atomic E-state index is 12.9. The molecule has 0 fully saturated rings. The van der Waals surface area contributed by atoms with Crippen LogP contribution in [0.1, 0.15) is 0 Å². The Morgan fingerprint density at radius 2 is 1.47 bits per heavy atom. The molecule has 0 aliphatic carbocycles. The van der Waals surface area contributed by atoms with Crippen molar-refractivity contribution in [3.8, 4) is 0 Å². The van der Waals surface area contributed by atoms with Crippen molar-refractivity contribution in [1.82, 2.24) is 9.91 Å². The van der Waals surface area contributed by atoms with Crippen molar-refractivity contribution in [2.24, 2.45) is 5.10 Å². The molecule has 1 aliphatic rings. The van der Waals surface area contributed by atoms with E-state index in [1.807, 2.05) is 0 Å². The number of nitrogens with zero attached hydrogens (tertiary/aromatic N) is 3. The van der Waals surface area contributed by atoms with Gasteiger partial charge in [0.15, 0.2) is 6.17 Å². The number of hydrogen-bond acceptors (Lipinski definition) is 3. The van der Waals surface area contributed by atoms with Gasteiger partial charge in [-0.15, -0.1) is 13.2 Å². The second-order valence-electron chi connectivity index (χ2n) is 3.17. The van der Waals surface area contributed by atoms with Crippen LogP contribution in [0.4, 0.5) is 35.1 Å². The normalized spacial score (nSPS) is 22.5. The van der Waals surface area contributed by atoms with Crippen molar-refractivity contribution < 1.29 is 35.1 Å². The zero-order valence-corrected chi connectivity index (χ0v) is 8.02. The second-order valence-corrected chi connectivity index (χ2v) is 3.17. The first-order chi connectivity index (χ1) is 7.39. The van der Waals surface area contributed by atoms with E-state index >= 15 is 0 Å². The monoisotopic (exact) mass is 271 g/mol. The van der Waals surface area contributed by atoms with Gasteiger partial charge in [0.05, 0.1) is 0 Å². The van der Waals surface area contributed by atoms with Gasteiger partial charge in [0, 0.05) is 7.05 Å². The molecule has 100 valence electrons. The molecule has 0 radical (unpaired) electrons. The second kappa shape index (κ2) is 3.60. The molecule has 0 bridgehead atoms. The molecule has 0 aromatic carbocycles. The summed E-state index contributed by atoms with van der Waals surface area (Å²) < 4.78 is 98.4. The molecule has 0 aromatic rings. The fourth-order valence-electron chi connectivity index (χ4n) is 1.20. The minimum absolute atomic E-state index is 0.0962. The highest BCUT2D eigenvalue weighted by atomic mass is 19.4. The van der Waals surface area contributed by atoms with E-state index < -0.39 is 29.5 Å². The van der Waals surface area contributed by atoms with E-state index in [1.54, 1.807) is 0 Å². The SMILES string of the molecule is CN1N=CN(C(F)(F)F)C1C(F)(F)C(F)(F)F. The number of rotatable bonds is 1. The average Bonchev–Trinajstić information content (AvgIpc) is 2.44. The van der Waals surface area contributed by atoms with Crippen LogP contribution in [-0.2, 0) is 0 Å². The zero-order chi connectivity index (χ0) is 13.6. The summed E-state index contributed by atoms with van der Waals surface area (Å²) in [6, 6.07) is 0. The third-order valence-electron chi connectivity index (χ3n) is 1.97. The van der Waals surface area contributed by atoms with Crippen LogP contribution in [0.3, 0.4) is 0 Å². The number of halogens is 8. The standard InChI is InChI=1S/C6H5F8N3/c1-16-3(4(7,8)5(9,10)11)17(2-15-16)6(12,13)14/h2-3H,1H3. The highest BCUT2D eigenvalue weighted by molar-refractivity contribution is 5.58. The van der Waals surface area contributed by atoms with Crippen LogP contribution < -0.4 is 0 Å². The molecule has 1 aliphatic heterocycles. The van der Waals surface area contributed by atoms with Crippen molar-refractivity contribution in [2.45, 2.75) is 24.6 Å². The van der Waals surface area contributed by atoms with Crippen LogP contribution in [0.25, 0.3) is 0 Å². The van der Waals surface area contributed by atoms with Gasteiger partial charge in [-0.2, -0.15) is 27.1 Å². The summed E-state index contributed by atoms with van der Waals surface area (Å²) >= 11 is 0. The number of hydrogen-bond donors (Lipinski definition) is 0. The largest absolute Gasteiger partial charge is 0.487 e. The Kier molecular flexibility index (Phi) is 2.92. The lowest BCUT2D eigenvalue weighted by Gasteiger charge is -2.35. The van der Waals surface area contributed by atoms with E-state index in [4.69, 9.17) is 0 Å². The van der Waals surface area contributed by atoms with Crippen LogP contribution in [0.15, 0.2) is 5.10 Å². The Morgan fingerprint density at radius 3 is 1.82 bits per heavy atom. The molecule has 1 unspecified atom stereocenters. The van der Waals surface area contributed by atoms with Crippen LogP contribution in [0.2, 0.25) is 0 Å². The van der Waals surface area contributed by atoms with E-state index in [9.17, 15) is 35.1 Å². The Hall–Kier alpha value is -1.29. The summed E-state index contributed by atoms with van der Waals surface area (Å²) in [6.07, 6.45) is -14.9. The molecule has 11 heteroatoms. The Balaban J connectivity index is 3.11. The summed E-state index contributed by atoms with van der Waals surface area (Å²) in [5.41, 5.74) is 0. The van der Waals surface area contributed by atoms with E-state index in [-0.39, 0.29) is 11.3 Å². The highest BCUT2D eigenvalue weighted by Gasteiger charge is 2.69. The van der Waals surface area contributed by atoms with Gasteiger partial charge in [0.2, 0.25) is 0 Å². The molecular weight excluding hydrogens is 266 g/mol. The summed E-state index contributed by atoms with van der Waals surface area (Å²) in [5, 5.41) is 2.68. The van der Waals surface area contributed by atoms with Crippen molar-refractivity contribution in [3.05, 3.63) is 0 Å². The summed E-state index contributed by atoms with van der Waals surface area (Å²) in [6.45, 7) is 0. The molecule has 0 amide bonds. The molecule has 0 N–H and O–H groups in total. The Labute approximate surface area is 89.3 Å². The predicted molar refractivity (Wildman–Crippen MR) is 38.9 cm³/mol. The third kappa shape index (κ3) is 2.22. The Bertz CT molecular complexity index is 318. The van der Waals surface area contributed by atoms with Crippen LogP contribution in [-0.4, -0.2) is 47.9 Å². The van der Waals surface area contributed by atoms with E-state index in [2.05, 4.69) is 5.10 Å². The van der Waals surface area contributed by atoms with Gasteiger partial charge in [-0.25, -0.2) is 4.90 Å². The summed E-state index contributed by atoms with van der Waals surface area (Å²) in [4.78, 5) is -1.10. The van der Waals surface area contributed by atoms with Crippen molar-refractivity contribution in [3.63, 3.8) is 0 Å². The maximum absolute atomic E-state index is 12.9. The van der Waals surface area contributed by atoms with Gasteiger partial charge >= 0.3 is 18.4 Å². The molecule has 1 heterocycles. The number of alkyl halides is 8. The lowest BCUT2D eigenvalue weighted by atomic mass is 10.2. The molecular formula is C6H5F8N3. The van der Waals surface area contributed by atoms with Gasteiger partial charge in [-0.3, -0.25) is 5.01 Å². The smallest absolute Gasteiger partial charge is 0.269 e. The first-order valence-corrected chi connectivity index (χ1v) is 3.95. The zero-order valence-electron chi connectivity index (χ0n) is 8.02. The van der Waals surface area contributed by atoms with Crippen LogP contribution in [0.5, 0.6) is 0 Å². The topological polar surface area (TPSA) is 18.8 Å². The van der Waals surface area contributed by atoms with Gasteiger partial charge in [0.1, 0.15) is 6.34 Å². The molecule has 0 aromatic heterocycles. The molecule has 1 rings (SSSR count). The maximum Gasteiger partial charge on any atom is 0.487 e. The van der Waals surface area contributed by atoms with E-state index in [0.29, 0.717) is 7.05 Å². The van der Waals surface area contributed by atoms with Crippen molar-refractivity contribution in [2.75, 3.05) is 7.05 Å². The predicted octanol–water partition coefficient (Wildman–Crippen LogP) is 2.22. The average molecular weight is 271 g/mol. The Morgan fingerprint density at radius 1 is 1.00 bits per heavy atom. The van der Waals surface area contributed by atoms with Crippen LogP contribution >= 0.6 is 0 Å². The lowest BCUT2D eigenvalue weighted by Crippen LogP contribution is -2.61. The van der Waals surface area contributed by atoms with Crippen molar-refractivity contribution in [1.29, 1.82) is 0 Å². The number of hydrazone groups is 1. The van der Waals surface area contributed by atoms with Gasteiger partial charge < -0.3 is 0 Å². The fourth-order valence-corrected chi connectivity index (χ4v) is 1.20. The van der Waals surface area contributed by atoms with Gasteiger partial charge in [-0.05, 0) is 0 Å². The minimum atomic E-state index is -6.11. The molecule has 0 saturated carbocycles. The highest BCUT2D eigenvalue weighted by Crippen LogP contribution is 2.44. The molecule has 1 atom stereocenters. The third-order valence-corrected chi connectivity index (χ3v) is 1.97. The summed E-state index contributed by atoms with van der Waals surface area (Å²) in [5.74, 6) is -5.58. The molecule has 17 heavy (non-hydrogen) atoms. The van der Waals surface area contributed by atoms with Gasteiger partial charge in [-0.1, -0.05) is 0 Å². The van der Waals surface area contributed by atoms with Crippen LogP contribution in [0, 0.1) is 0 Å². The molecule has 0 spiro atoms. The quantitative estimate of drug-likeness (QED) is 0.538. The van der Waals surface area contributed by atoms with Crippen molar-refractivity contribution >= 4 is 6.34 Å². The molecule has 0 saturated heterocycles.